The summed E-state index contributed by atoms with van der Waals surface area (Å²) in [6.07, 6.45) is 4.15. The molecule has 3 aromatic rings. The van der Waals surface area contributed by atoms with Crippen LogP contribution in [0.3, 0.4) is 0 Å². The molecule has 0 radical (unpaired) electrons. The lowest BCUT2D eigenvalue weighted by Crippen LogP contribution is -2.08. The second-order valence-corrected chi connectivity index (χ2v) is 6.21. The first-order valence-electron chi connectivity index (χ1n) is 8.63. The number of benzene rings is 1. The molecule has 0 bridgehead atoms. The first kappa shape index (κ1) is 17.8. The Morgan fingerprint density at radius 2 is 1.85 bits per heavy atom. The van der Waals surface area contributed by atoms with Crippen LogP contribution in [0.4, 0.5) is 17.5 Å². The largest absolute Gasteiger partial charge is 0.396 e. The Morgan fingerprint density at radius 3 is 2.54 bits per heavy atom. The number of aliphatic hydroxyl groups is 1. The molecule has 1 aromatic carbocycles. The molecule has 134 valence electrons. The molecule has 0 atom stereocenters. The molecule has 0 saturated heterocycles. The lowest BCUT2D eigenvalue weighted by atomic mass is 10.1. The number of hydrogen-bond acceptors (Lipinski definition) is 6. The van der Waals surface area contributed by atoms with Crippen molar-refractivity contribution in [1.29, 1.82) is 0 Å². The summed E-state index contributed by atoms with van der Waals surface area (Å²) >= 11 is 0. The van der Waals surface area contributed by atoms with Gasteiger partial charge in [-0.1, -0.05) is 6.07 Å². The zero-order valence-electron chi connectivity index (χ0n) is 15.0. The molecule has 0 spiro atoms. The standard InChI is InChI=1S/C20H23N5O/c1-14-9-15(2)11-17(10-14)23-19-12-18(16-5-3-6-21-13-16)24-20(25-19)22-7-4-8-26/h3,5-6,9-13,26H,4,7-8H2,1-2H3,(H2,22,23,24,25). The molecule has 26 heavy (non-hydrogen) atoms. The van der Waals surface area contributed by atoms with Gasteiger partial charge in [-0.2, -0.15) is 4.98 Å². The molecular weight excluding hydrogens is 326 g/mol. The normalized spacial score (nSPS) is 10.6. The third kappa shape index (κ3) is 4.77. The van der Waals surface area contributed by atoms with Crippen LogP contribution >= 0.6 is 0 Å². The van der Waals surface area contributed by atoms with E-state index in [0.29, 0.717) is 24.7 Å². The number of aliphatic hydroxyl groups excluding tert-OH is 1. The molecule has 0 saturated carbocycles. The molecule has 2 heterocycles. The average Bonchev–Trinajstić information content (AvgIpc) is 2.62. The molecular formula is C20H23N5O. The average molecular weight is 349 g/mol. The number of nitrogens with one attached hydrogen (secondary N) is 2. The minimum absolute atomic E-state index is 0.128. The Labute approximate surface area is 153 Å². The molecule has 6 nitrogen and oxygen atoms in total. The molecule has 3 rings (SSSR count). The van der Waals surface area contributed by atoms with Crippen molar-refractivity contribution in [2.24, 2.45) is 0 Å². The van der Waals surface area contributed by atoms with Gasteiger partial charge < -0.3 is 15.7 Å². The van der Waals surface area contributed by atoms with Crippen molar-refractivity contribution >= 4 is 17.5 Å². The highest BCUT2D eigenvalue weighted by Crippen LogP contribution is 2.24. The quantitative estimate of drug-likeness (QED) is 0.564. The molecule has 0 unspecified atom stereocenters. The van der Waals surface area contributed by atoms with E-state index in [2.05, 4.69) is 57.6 Å². The maximum atomic E-state index is 8.98. The number of aryl methyl sites for hydroxylation is 2. The number of rotatable bonds is 7. The molecule has 6 heteroatoms. The Morgan fingerprint density at radius 1 is 1.04 bits per heavy atom. The third-order valence-corrected chi connectivity index (χ3v) is 3.80. The highest BCUT2D eigenvalue weighted by molar-refractivity contribution is 5.67. The van der Waals surface area contributed by atoms with Crippen molar-refractivity contribution in [2.45, 2.75) is 20.3 Å². The van der Waals surface area contributed by atoms with Crippen LogP contribution in [0.15, 0.2) is 48.8 Å². The predicted octanol–water partition coefficient (Wildman–Crippen LogP) is 3.69. The minimum atomic E-state index is 0.128. The SMILES string of the molecule is Cc1cc(C)cc(Nc2cc(-c3cccnc3)nc(NCCCO)n2)c1. The van der Waals surface area contributed by atoms with Crippen molar-refractivity contribution in [3.63, 3.8) is 0 Å². The topological polar surface area (TPSA) is 83.0 Å². The van der Waals surface area contributed by atoms with Crippen molar-refractivity contribution in [2.75, 3.05) is 23.8 Å². The van der Waals surface area contributed by atoms with Crippen LogP contribution in [0.5, 0.6) is 0 Å². The van der Waals surface area contributed by atoms with E-state index in [-0.39, 0.29) is 6.61 Å². The number of aromatic nitrogens is 3. The molecule has 0 aliphatic heterocycles. The fourth-order valence-corrected chi connectivity index (χ4v) is 2.73. The monoisotopic (exact) mass is 349 g/mol. The summed E-state index contributed by atoms with van der Waals surface area (Å²) in [4.78, 5) is 13.3. The maximum absolute atomic E-state index is 8.98. The highest BCUT2D eigenvalue weighted by Gasteiger charge is 2.08. The summed E-state index contributed by atoms with van der Waals surface area (Å²) in [5, 5.41) is 15.5. The summed E-state index contributed by atoms with van der Waals surface area (Å²) in [5.41, 5.74) is 5.07. The van der Waals surface area contributed by atoms with Crippen LogP contribution in [-0.4, -0.2) is 33.2 Å². The molecule has 3 N–H and O–H groups in total. The summed E-state index contributed by atoms with van der Waals surface area (Å²) in [6, 6.07) is 12.1. The Hall–Kier alpha value is -2.99. The van der Waals surface area contributed by atoms with E-state index in [0.717, 1.165) is 16.9 Å². The van der Waals surface area contributed by atoms with Crippen LogP contribution in [0.2, 0.25) is 0 Å². The molecule has 0 aliphatic carbocycles. The van der Waals surface area contributed by atoms with Gasteiger partial charge in [0.05, 0.1) is 5.69 Å². The molecule has 0 fully saturated rings. The zero-order valence-corrected chi connectivity index (χ0v) is 15.0. The third-order valence-electron chi connectivity index (χ3n) is 3.80. The first-order valence-corrected chi connectivity index (χ1v) is 8.63. The Bertz CT molecular complexity index is 847. The van der Waals surface area contributed by atoms with E-state index >= 15 is 0 Å². The number of pyridine rings is 1. The van der Waals surface area contributed by atoms with Crippen LogP contribution < -0.4 is 10.6 Å². The van der Waals surface area contributed by atoms with E-state index in [1.54, 1.807) is 12.4 Å². The van der Waals surface area contributed by atoms with Crippen LogP contribution in [0.1, 0.15) is 17.5 Å². The van der Waals surface area contributed by atoms with Crippen molar-refractivity contribution in [1.82, 2.24) is 15.0 Å². The first-order chi connectivity index (χ1) is 12.6. The summed E-state index contributed by atoms with van der Waals surface area (Å²) in [5.74, 6) is 1.22. The van der Waals surface area contributed by atoms with Crippen LogP contribution in [0.25, 0.3) is 11.3 Å². The highest BCUT2D eigenvalue weighted by atomic mass is 16.3. The Balaban J connectivity index is 1.93. The van der Waals surface area contributed by atoms with Gasteiger partial charge in [-0.25, -0.2) is 4.98 Å². The van der Waals surface area contributed by atoms with E-state index in [9.17, 15) is 0 Å². The van der Waals surface area contributed by atoms with Gasteiger partial charge in [0.2, 0.25) is 5.95 Å². The zero-order chi connectivity index (χ0) is 18.4. The maximum Gasteiger partial charge on any atom is 0.225 e. The van der Waals surface area contributed by atoms with Gasteiger partial charge in [-0.3, -0.25) is 4.98 Å². The fraction of sp³-hybridized carbons (Fsp3) is 0.250. The molecule has 0 amide bonds. The molecule has 2 aromatic heterocycles. The second-order valence-electron chi connectivity index (χ2n) is 6.21. The Kier molecular flexibility index (Phi) is 5.76. The van der Waals surface area contributed by atoms with Gasteiger partial charge >= 0.3 is 0 Å². The van der Waals surface area contributed by atoms with E-state index < -0.39 is 0 Å². The fourth-order valence-electron chi connectivity index (χ4n) is 2.73. The van der Waals surface area contributed by atoms with Gasteiger partial charge in [-0.15, -0.1) is 0 Å². The van der Waals surface area contributed by atoms with Crippen molar-refractivity contribution in [3.8, 4) is 11.3 Å². The predicted molar refractivity (Wildman–Crippen MR) is 105 cm³/mol. The van der Waals surface area contributed by atoms with Gasteiger partial charge in [0, 0.05) is 42.9 Å². The minimum Gasteiger partial charge on any atom is -0.396 e. The van der Waals surface area contributed by atoms with Gasteiger partial charge in [-0.05, 0) is 55.7 Å². The molecule has 0 aliphatic rings. The number of nitrogens with zero attached hydrogens (tertiary/aromatic N) is 3. The number of hydrogen-bond donors (Lipinski definition) is 3. The summed E-state index contributed by atoms with van der Waals surface area (Å²) < 4.78 is 0. The lowest BCUT2D eigenvalue weighted by molar-refractivity contribution is 0.292. The van der Waals surface area contributed by atoms with Crippen molar-refractivity contribution in [3.05, 3.63) is 59.9 Å². The van der Waals surface area contributed by atoms with E-state index in [1.807, 2.05) is 18.2 Å². The number of anilines is 3. The van der Waals surface area contributed by atoms with Crippen LogP contribution in [0, 0.1) is 13.8 Å². The van der Waals surface area contributed by atoms with Crippen LogP contribution in [-0.2, 0) is 0 Å². The van der Waals surface area contributed by atoms with Gasteiger partial charge in [0.25, 0.3) is 0 Å². The van der Waals surface area contributed by atoms with E-state index in [1.165, 1.54) is 11.1 Å². The summed E-state index contributed by atoms with van der Waals surface area (Å²) in [7, 11) is 0. The summed E-state index contributed by atoms with van der Waals surface area (Å²) in [6.45, 7) is 4.88. The van der Waals surface area contributed by atoms with Crippen molar-refractivity contribution < 1.29 is 5.11 Å². The van der Waals surface area contributed by atoms with Gasteiger partial charge in [0.15, 0.2) is 0 Å². The lowest BCUT2D eigenvalue weighted by Gasteiger charge is -2.12. The second kappa shape index (κ2) is 8.40. The van der Waals surface area contributed by atoms with Gasteiger partial charge in [0.1, 0.15) is 5.82 Å². The smallest absolute Gasteiger partial charge is 0.225 e. The van der Waals surface area contributed by atoms with E-state index in [4.69, 9.17) is 5.11 Å².